The molecule has 2 atom stereocenters. The third-order valence-electron chi connectivity index (χ3n) is 6.18. The van der Waals surface area contributed by atoms with Crippen molar-refractivity contribution in [1.29, 1.82) is 0 Å². The number of carbonyl (C=O) groups is 1. The van der Waals surface area contributed by atoms with Crippen LogP contribution in [0.25, 0.3) is 31.7 Å². The fourth-order valence-corrected chi connectivity index (χ4v) is 5.47. The van der Waals surface area contributed by atoms with Gasteiger partial charge in [0.05, 0.1) is 42.5 Å². The smallest absolute Gasteiger partial charge is 0.412 e. The largest absolute Gasteiger partial charge is 0.495 e. The minimum Gasteiger partial charge on any atom is -0.495 e. The van der Waals surface area contributed by atoms with Crippen molar-refractivity contribution in [2.24, 2.45) is 0 Å². The predicted octanol–water partition coefficient (Wildman–Crippen LogP) is 7.77. The minimum atomic E-state index is -0.775. The Morgan fingerprint density at radius 2 is 1.80 bits per heavy atom. The number of thiazole rings is 1. The molecule has 0 aliphatic rings. The molecule has 0 bridgehead atoms. The molecular formula is C28H23Cl2FN4O5S. The molecule has 9 nitrogen and oxygen atoms in total. The third kappa shape index (κ3) is 6.07. The van der Waals surface area contributed by atoms with Gasteiger partial charge in [0.2, 0.25) is 5.88 Å². The first-order chi connectivity index (χ1) is 19.7. The van der Waals surface area contributed by atoms with Crippen LogP contribution in [0.3, 0.4) is 0 Å². The number of pyridine rings is 2. The lowest BCUT2D eigenvalue weighted by molar-refractivity contribution is 0.0402. The number of hydrogen-bond donors (Lipinski definition) is 1. The van der Waals surface area contributed by atoms with Gasteiger partial charge in [-0.3, -0.25) is 10.3 Å². The van der Waals surface area contributed by atoms with E-state index in [1.807, 2.05) is 6.07 Å². The summed E-state index contributed by atoms with van der Waals surface area (Å²) in [6.45, 7) is 3.28. The van der Waals surface area contributed by atoms with Crippen molar-refractivity contribution in [2.45, 2.75) is 26.1 Å². The first-order valence-electron chi connectivity index (χ1n) is 12.2. The number of nitrogens with zero attached hydrogens (tertiary/aromatic N) is 3. The van der Waals surface area contributed by atoms with E-state index in [0.717, 1.165) is 5.39 Å². The second-order valence-electron chi connectivity index (χ2n) is 8.92. The molecular weight excluding hydrogens is 594 g/mol. The van der Waals surface area contributed by atoms with Crippen LogP contribution in [-0.4, -0.2) is 47.5 Å². The summed E-state index contributed by atoms with van der Waals surface area (Å²) in [6, 6.07) is 10.1. The van der Waals surface area contributed by atoms with E-state index < -0.39 is 24.1 Å². The number of ether oxygens (including phenoxy) is 4. The molecule has 0 saturated heterocycles. The van der Waals surface area contributed by atoms with E-state index in [-0.39, 0.29) is 16.3 Å². The number of carbonyl (C=O) groups excluding carboxylic acids is 1. The van der Waals surface area contributed by atoms with Crippen molar-refractivity contribution in [2.75, 3.05) is 19.5 Å². The number of nitrogens with one attached hydrogen (secondary N) is 1. The number of aromatic nitrogens is 3. The van der Waals surface area contributed by atoms with E-state index in [1.54, 1.807) is 51.4 Å². The molecule has 0 spiro atoms. The number of rotatable bonds is 8. The standard InChI is InChI=1S/C28H23Cl2FN4O5S/c1-13(14(2)40-28(36)34-17-5-6-22(38-4)32-11-17)39-20-10-21-26(23(30)24(20)31)35-27(41-21)19-9-16(29)7-15-8-18(37-3)12-33-25(15)19/h5-14H,1-4H3,(H,34,36)/t13-,14+/m0/s1. The Balaban J connectivity index is 1.36. The number of fused-ring (bicyclic) bond motifs is 2. The Kier molecular flexibility index (Phi) is 8.30. The zero-order chi connectivity index (χ0) is 29.3. The molecule has 0 aliphatic heterocycles. The quantitative estimate of drug-likeness (QED) is 0.188. The summed E-state index contributed by atoms with van der Waals surface area (Å²) in [7, 11) is 3.05. The maximum atomic E-state index is 15.3. The number of hydrogen-bond acceptors (Lipinski definition) is 9. The zero-order valence-electron chi connectivity index (χ0n) is 22.2. The summed E-state index contributed by atoms with van der Waals surface area (Å²) < 4.78 is 37.4. The summed E-state index contributed by atoms with van der Waals surface area (Å²) in [5.41, 5.74) is 2.03. The second kappa shape index (κ2) is 11.9. The zero-order valence-corrected chi connectivity index (χ0v) is 24.5. The van der Waals surface area contributed by atoms with Gasteiger partial charge in [-0.2, -0.15) is 0 Å². The number of benzene rings is 2. The first-order valence-corrected chi connectivity index (χ1v) is 13.8. The molecule has 5 aromatic rings. The maximum absolute atomic E-state index is 15.3. The fourth-order valence-electron chi connectivity index (χ4n) is 3.93. The molecule has 0 unspecified atom stereocenters. The normalized spacial score (nSPS) is 12.7. The van der Waals surface area contributed by atoms with Crippen LogP contribution in [0, 0.1) is 5.82 Å². The molecule has 1 N–H and O–H groups in total. The summed E-state index contributed by atoms with van der Waals surface area (Å²) >= 11 is 14.1. The Bertz CT molecular complexity index is 1750. The lowest BCUT2D eigenvalue weighted by Gasteiger charge is -2.22. The lowest BCUT2D eigenvalue weighted by Crippen LogP contribution is -2.32. The highest BCUT2D eigenvalue weighted by atomic mass is 35.5. The molecule has 0 fully saturated rings. The molecule has 212 valence electrons. The van der Waals surface area contributed by atoms with Crippen LogP contribution < -0.4 is 19.5 Å². The first kappa shape index (κ1) is 28.6. The third-order valence-corrected chi connectivity index (χ3v) is 7.78. The Morgan fingerprint density at radius 3 is 2.51 bits per heavy atom. The predicted molar refractivity (Wildman–Crippen MR) is 157 cm³/mol. The van der Waals surface area contributed by atoms with Gasteiger partial charge in [0.1, 0.15) is 33.5 Å². The minimum absolute atomic E-state index is 0.0979. The van der Waals surface area contributed by atoms with Crippen molar-refractivity contribution in [3.63, 3.8) is 0 Å². The SMILES string of the molecule is COc1cnc2c(-c3nc4c(Cl)c(F)c(O[C@@H](C)[C@@H](C)OC(=O)Nc5ccc(OC)nc5)cc4s3)cc(Cl)cc2c1. The molecule has 5 rings (SSSR count). The molecule has 1 amide bonds. The van der Waals surface area contributed by atoms with Crippen LogP contribution in [-0.2, 0) is 4.74 Å². The van der Waals surface area contributed by atoms with Crippen molar-refractivity contribution in [3.8, 4) is 28.0 Å². The van der Waals surface area contributed by atoms with Crippen LogP contribution in [0.4, 0.5) is 14.9 Å². The number of methoxy groups -OCH3 is 2. The molecule has 3 heterocycles. The van der Waals surface area contributed by atoms with Crippen LogP contribution in [0.5, 0.6) is 17.4 Å². The van der Waals surface area contributed by atoms with Gasteiger partial charge in [-0.05, 0) is 38.1 Å². The van der Waals surface area contributed by atoms with Gasteiger partial charge in [-0.15, -0.1) is 11.3 Å². The van der Waals surface area contributed by atoms with Gasteiger partial charge in [0.15, 0.2) is 11.6 Å². The number of halogens is 3. The van der Waals surface area contributed by atoms with Crippen LogP contribution in [0.1, 0.15) is 13.8 Å². The van der Waals surface area contributed by atoms with E-state index in [0.29, 0.717) is 43.1 Å². The molecule has 0 saturated carbocycles. The van der Waals surface area contributed by atoms with Gasteiger partial charge in [0.25, 0.3) is 0 Å². The van der Waals surface area contributed by atoms with Gasteiger partial charge in [-0.25, -0.2) is 19.2 Å². The van der Waals surface area contributed by atoms with Crippen LogP contribution in [0.2, 0.25) is 10.0 Å². The average Bonchev–Trinajstić information content (AvgIpc) is 3.39. The van der Waals surface area contributed by atoms with Crippen LogP contribution >= 0.6 is 34.5 Å². The molecule has 2 aromatic carbocycles. The monoisotopic (exact) mass is 616 g/mol. The van der Waals surface area contributed by atoms with Crippen molar-refractivity contribution in [3.05, 3.63) is 64.7 Å². The fraction of sp³-hybridized carbons (Fsp3) is 0.214. The van der Waals surface area contributed by atoms with E-state index in [9.17, 15) is 4.79 Å². The summed E-state index contributed by atoms with van der Waals surface area (Å²) in [5.74, 6) is 0.120. The van der Waals surface area contributed by atoms with Crippen molar-refractivity contribution >= 4 is 67.4 Å². The maximum Gasteiger partial charge on any atom is 0.412 e. The summed E-state index contributed by atoms with van der Waals surface area (Å²) in [4.78, 5) is 25.5. The number of anilines is 1. The van der Waals surface area contributed by atoms with Gasteiger partial charge < -0.3 is 18.9 Å². The molecule has 41 heavy (non-hydrogen) atoms. The topological polar surface area (TPSA) is 105 Å². The number of amides is 1. The second-order valence-corrected chi connectivity index (χ2v) is 10.8. The van der Waals surface area contributed by atoms with Crippen molar-refractivity contribution in [1.82, 2.24) is 15.0 Å². The van der Waals surface area contributed by atoms with Gasteiger partial charge >= 0.3 is 6.09 Å². The molecule has 13 heteroatoms. The Hall–Kier alpha value is -3.93. The van der Waals surface area contributed by atoms with Gasteiger partial charge in [-0.1, -0.05) is 23.2 Å². The van der Waals surface area contributed by atoms with E-state index in [1.165, 1.54) is 30.7 Å². The lowest BCUT2D eigenvalue weighted by atomic mass is 10.1. The highest BCUT2D eigenvalue weighted by molar-refractivity contribution is 7.21. The Morgan fingerprint density at radius 1 is 1.00 bits per heavy atom. The molecule has 3 aromatic heterocycles. The molecule has 0 radical (unpaired) electrons. The van der Waals surface area contributed by atoms with E-state index in [4.69, 9.17) is 42.1 Å². The Labute approximate surface area is 248 Å². The van der Waals surface area contributed by atoms with E-state index in [2.05, 4.69) is 20.3 Å². The summed E-state index contributed by atoms with van der Waals surface area (Å²) in [6.07, 6.45) is 0.847. The summed E-state index contributed by atoms with van der Waals surface area (Å²) in [5, 5.41) is 4.19. The van der Waals surface area contributed by atoms with Crippen molar-refractivity contribution < 1.29 is 28.1 Å². The highest BCUT2D eigenvalue weighted by Gasteiger charge is 2.24. The molecule has 0 aliphatic carbocycles. The average molecular weight is 617 g/mol. The van der Waals surface area contributed by atoms with E-state index >= 15 is 4.39 Å². The van der Waals surface area contributed by atoms with Crippen LogP contribution in [0.15, 0.2) is 48.8 Å². The highest BCUT2D eigenvalue weighted by Crippen LogP contribution is 2.41. The van der Waals surface area contributed by atoms with Gasteiger partial charge in [0, 0.05) is 28.1 Å².